The molecule has 0 aliphatic carbocycles. The van der Waals surface area contributed by atoms with Gasteiger partial charge in [0.2, 0.25) is 0 Å². The summed E-state index contributed by atoms with van der Waals surface area (Å²) in [6.07, 6.45) is -0.0419. The van der Waals surface area contributed by atoms with Gasteiger partial charge in [0.15, 0.2) is 0 Å². The van der Waals surface area contributed by atoms with Crippen molar-refractivity contribution in [2.24, 2.45) is 0 Å². The molecule has 0 spiro atoms. The van der Waals surface area contributed by atoms with Gasteiger partial charge in [0.25, 0.3) is 0 Å². The Labute approximate surface area is 140 Å². The van der Waals surface area contributed by atoms with Gasteiger partial charge in [0.1, 0.15) is 12.0 Å². The fourth-order valence-corrected chi connectivity index (χ4v) is 3.02. The van der Waals surface area contributed by atoms with Crippen LogP contribution < -0.4 is 10.6 Å². The second kappa shape index (κ2) is 6.06. The number of rotatable bonds is 2. The monoisotopic (exact) mass is 319 g/mol. The third kappa shape index (κ3) is 2.76. The molecule has 1 aromatic heterocycles. The maximum absolute atomic E-state index is 13.2. The molecule has 1 aliphatic heterocycles. The van der Waals surface area contributed by atoms with Crippen LogP contribution in [-0.4, -0.2) is 4.98 Å². The highest BCUT2D eigenvalue weighted by Crippen LogP contribution is 2.28. The van der Waals surface area contributed by atoms with Crippen molar-refractivity contribution in [2.45, 2.75) is 19.6 Å². The molecule has 0 radical (unpaired) electrons. The first-order valence-corrected chi connectivity index (χ1v) is 8.02. The molecule has 0 amide bonds. The smallest absolute Gasteiger partial charge is 0.123 e. The van der Waals surface area contributed by atoms with Gasteiger partial charge in [-0.05, 0) is 54.4 Å². The van der Waals surface area contributed by atoms with Crippen molar-refractivity contribution < 1.29 is 4.39 Å². The van der Waals surface area contributed by atoms with Gasteiger partial charge in [-0.1, -0.05) is 24.3 Å². The zero-order chi connectivity index (χ0) is 16.5. The number of fused-ring (bicyclic) bond motifs is 1. The summed E-state index contributed by atoms with van der Waals surface area (Å²) < 4.78 is 13.2. The first-order chi connectivity index (χ1) is 11.7. The lowest BCUT2D eigenvalue weighted by molar-refractivity contribution is 0.554. The highest BCUT2D eigenvalue weighted by atomic mass is 19.1. The van der Waals surface area contributed by atoms with E-state index in [2.05, 4.69) is 28.8 Å². The SMILES string of the molecule is Cc1ccc(C2NCc3ccccc3N2)nc1-c1ccc(F)cc1. The van der Waals surface area contributed by atoms with E-state index in [-0.39, 0.29) is 12.0 Å². The highest BCUT2D eigenvalue weighted by Gasteiger charge is 2.20. The predicted octanol–water partition coefficient (Wildman–Crippen LogP) is 4.41. The van der Waals surface area contributed by atoms with Crippen LogP contribution in [0.3, 0.4) is 0 Å². The molecule has 0 saturated carbocycles. The van der Waals surface area contributed by atoms with E-state index in [4.69, 9.17) is 4.98 Å². The number of aryl methyl sites for hydroxylation is 1. The normalized spacial score (nSPS) is 16.3. The molecule has 1 atom stereocenters. The number of pyridine rings is 1. The molecule has 0 bridgehead atoms. The molecular weight excluding hydrogens is 301 g/mol. The Hall–Kier alpha value is -2.72. The van der Waals surface area contributed by atoms with Crippen LogP contribution in [-0.2, 0) is 6.54 Å². The van der Waals surface area contributed by atoms with E-state index in [0.717, 1.165) is 34.7 Å². The second-order valence-corrected chi connectivity index (χ2v) is 6.02. The molecule has 3 nitrogen and oxygen atoms in total. The average Bonchev–Trinajstić information content (AvgIpc) is 2.62. The Morgan fingerprint density at radius 1 is 1.00 bits per heavy atom. The second-order valence-electron chi connectivity index (χ2n) is 6.02. The van der Waals surface area contributed by atoms with E-state index in [1.807, 2.05) is 25.1 Å². The largest absolute Gasteiger partial charge is 0.364 e. The van der Waals surface area contributed by atoms with Gasteiger partial charge in [-0.25, -0.2) is 9.37 Å². The van der Waals surface area contributed by atoms with Crippen LogP contribution in [0.1, 0.15) is 23.0 Å². The van der Waals surface area contributed by atoms with Gasteiger partial charge in [0, 0.05) is 17.8 Å². The van der Waals surface area contributed by atoms with E-state index < -0.39 is 0 Å². The van der Waals surface area contributed by atoms with Crippen LogP contribution in [0.15, 0.2) is 60.7 Å². The first-order valence-electron chi connectivity index (χ1n) is 8.02. The number of hydrogen-bond donors (Lipinski definition) is 2. The predicted molar refractivity (Wildman–Crippen MR) is 94.0 cm³/mol. The molecule has 0 fully saturated rings. The Morgan fingerprint density at radius 3 is 2.62 bits per heavy atom. The fraction of sp³-hybridized carbons (Fsp3) is 0.150. The summed E-state index contributed by atoms with van der Waals surface area (Å²) >= 11 is 0. The van der Waals surface area contributed by atoms with Crippen molar-refractivity contribution in [1.29, 1.82) is 0 Å². The molecule has 120 valence electrons. The molecule has 2 heterocycles. The maximum atomic E-state index is 13.2. The van der Waals surface area contributed by atoms with Crippen LogP contribution in [0.4, 0.5) is 10.1 Å². The maximum Gasteiger partial charge on any atom is 0.123 e. The van der Waals surface area contributed by atoms with Gasteiger partial charge < -0.3 is 5.32 Å². The summed E-state index contributed by atoms with van der Waals surface area (Å²) in [7, 11) is 0. The number of nitrogens with zero attached hydrogens (tertiary/aromatic N) is 1. The Balaban J connectivity index is 1.68. The summed E-state index contributed by atoms with van der Waals surface area (Å²) in [5.41, 5.74) is 6.18. The Morgan fingerprint density at radius 2 is 1.79 bits per heavy atom. The number of nitrogens with one attached hydrogen (secondary N) is 2. The van der Waals surface area contributed by atoms with Crippen molar-refractivity contribution in [3.8, 4) is 11.3 Å². The minimum atomic E-state index is -0.236. The zero-order valence-corrected chi connectivity index (χ0v) is 13.4. The molecule has 4 rings (SSSR count). The highest BCUT2D eigenvalue weighted by molar-refractivity contribution is 5.63. The summed E-state index contributed by atoms with van der Waals surface area (Å²) in [5.74, 6) is -0.236. The van der Waals surface area contributed by atoms with E-state index in [1.54, 1.807) is 12.1 Å². The fourth-order valence-electron chi connectivity index (χ4n) is 3.02. The number of aromatic nitrogens is 1. The van der Waals surface area contributed by atoms with E-state index in [1.165, 1.54) is 17.7 Å². The van der Waals surface area contributed by atoms with Gasteiger partial charge in [-0.3, -0.25) is 5.32 Å². The quantitative estimate of drug-likeness (QED) is 0.734. The lowest BCUT2D eigenvalue weighted by Gasteiger charge is -2.28. The van der Waals surface area contributed by atoms with Crippen LogP contribution in [0, 0.1) is 12.7 Å². The molecule has 0 saturated heterocycles. The summed E-state index contributed by atoms with van der Waals surface area (Å²) in [6.45, 7) is 2.82. The minimum Gasteiger partial charge on any atom is -0.364 e. The number of halogens is 1. The summed E-state index contributed by atoms with van der Waals surface area (Å²) in [5, 5.41) is 6.95. The molecule has 24 heavy (non-hydrogen) atoms. The Bertz CT molecular complexity index is 874. The number of para-hydroxylation sites is 1. The van der Waals surface area contributed by atoms with Crippen LogP contribution in [0.5, 0.6) is 0 Å². The van der Waals surface area contributed by atoms with Crippen molar-refractivity contribution in [2.75, 3.05) is 5.32 Å². The molecule has 1 aliphatic rings. The Kier molecular flexibility index (Phi) is 3.75. The number of anilines is 1. The molecule has 2 aromatic carbocycles. The average molecular weight is 319 g/mol. The van der Waals surface area contributed by atoms with Gasteiger partial charge in [-0.15, -0.1) is 0 Å². The lowest BCUT2D eigenvalue weighted by atomic mass is 10.0. The third-order valence-electron chi connectivity index (χ3n) is 4.35. The lowest BCUT2D eigenvalue weighted by Crippen LogP contribution is -2.33. The molecule has 3 aromatic rings. The van der Waals surface area contributed by atoms with Crippen molar-refractivity contribution in [3.05, 3.63) is 83.3 Å². The minimum absolute atomic E-state index is 0.0419. The van der Waals surface area contributed by atoms with Crippen molar-refractivity contribution in [1.82, 2.24) is 10.3 Å². The zero-order valence-electron chi connectivity index (χ0n) is 13.4. The van der Waals surface area contributed by atoms with Crippen molar-refractivity contribution >= 4 is 5.69 Å². The van der Waals surface area contributed by atoms with E-state index >= 15 is 0 Å². The molecular formula is C20H18FN3. The van der Waals surface area contributed by atoms with Gasteiger partial charge in [0.05, 0.1) is 11.4 Å². The van der Waals surface area contributed by atoms with Crippen LogP contribution in [0.2, 0.25) is 0 Å². The molecule has 1 unspecified atom stereocenters. The molecule has 2 N–H and O–H groups in total. The van der Waals surface area contributed by atoms with E-state index in [0.29, 0.717) is 0 Å². The molecule has 4 heteroatoms. The van der Waals surface area contributed by atoms with Gasteiger partial charge >= 0.3 is 0 Å². The third-order valence-corrected chi connectivity index (χ3v) is 4.35. The van der Waals surface area contributed by atoms with Gasteiger partial charge in [-0.2, -0.15) is 0 Å². The van der Waals surface area contributed by atoms with E-state index in [9.17, 15) is 4.39 Å². The standard InChI is InChI=1S/C20H18FN3/c1-13-6-11-18(23-19(13)14-7-9-16(21)10-8-14)20-22-12-15-4-2-3-5-17(15)24-20/h2-11,20,22,24H,12H2,1H3. The van der Waals surface area contributed by atoms with Crippen molar-refractivity contribution in [3.63, 3.8) is 0 Å². The first kappa shape index (κ1) is 14.8. The summed E-state index contributed by atoms with van der Waals surface area (Å²) in [4.78, 5) is 4.82. The number of benzene rings is 2. The van der Waals surface area contributed by atoms with Crippen LogP contribution in [0.25, 0.3) is 11.3 Å². The topological polar surface area (TPSA) is 37.0 Å². The summed E-state index contributed by atoms with van der Waals surface area (Å²) in [6, 6.07) is 18.8. The number of hydrogen-bond acceptors (Lipinski definition) is 3. The van der Waals surface area contributed by atoms with Crippen LogP contribution >= 0.6 is 0 Å².